The number of hydrogen-bond acceptors (Lipinski definition) is 5. The molecule has 0 bridgehead atoms. The maximum Gasteiger partial charge on any atom is 0.320 e. The van der Waals surface area contributed by atoms with E-state index in [1.165, 1.54) is 0 Å². The van der Waals surface area contributed by atoms with Crippen LogP contribution in [0.15, 0.2) is 53.5 Å². The fourth-order valence-electron chi connectivity index (χ4n) is 3.05. The van der Waals surface area contributed by atoms with Crippen LogP contribution in [0.1, 0.15) is 35.3 Å². The van der Waals surface area contributed by atoms with Gasteiger partial charge in [0.15, 0.2) is 5.96 Å². The number of carbonyl (C=O) groups is 2. The van der Waals surface area contributed by atoms with Crippen LogP contribution >= 0.6 is 0 Å². The number of nitrogens with zero attached hydrogens (tertiary/aromatic N) is 2. The van der Waals surface area contributed by atoms with Crippen molar-refractivity contribution in [1.29, 1.82) is 0 Å². The zero-order chi connectivity index (χ0) is 22.1. The number of carboxylic acids is 1. The SMILES string of the molecule is CCN(CC)c1ccccc1CN=C(N)NC(=O)c1ccc(CC(N)C(=O)O)cc1. The minimum absolute atomic E-state index is 0.0336. The summed E-state index contributed by atoms with van der Waals surface area (Å²) in [5, 5.41) is 11.5. The maximum absolute atomic E-state index is 12.4. The van der Waals surface area contributed by atoms with Crippen LogP contribution in [0.25, 0.3) is 0 Å². The summed E-state index contributed by atoms with van der Waals surface area (Å²) in [6, 6.07) is 13.5. The van der Waals surface area contributed by atoms with E-state index >= 15 is 0 Å². The summed E-state index contributed by atoms with van der Waals surface area (Å²) in [5.74, 6) is -1.42. The topological polar surface area (TPSA) is 134 Å². The molecule has 0 fully saturated rings. The number of carboxylic acid groups (broad SMARTS) is 1. The molecule has 0 saturated carbocycles. The van der Waals surface area contributed by atoms with Gasteiger partial charge in [-0.25, -0.2) is 4.99 Å². The molecule has 1 atom stereocenters. The second-order valence-corrected chi connectivity index (χ2v) is 6.80. The van der Waals surface area contributed by atoms with Crippen molar-refractivity contribution >= 4 is 23.5 Å². The molecule has 1 unspecified atom stereocenters. The lowest BCUT2D eigenvalue weighted by atomic mass is 10.0. The number of aliphatic imine (C=N–C) groups is 1. The monoisotopic (exact) mass is 411 g/mol. The van der Waals surface area contributed by atoms with E-state index in [1.54, 1.807) is 24.3 Å². The Morgan fingerprint density at radius 2 is 1.73 bits per heavy atom. The van der Waals surface area contributed by atoms with Crippen LogP contribution < -0.4 is 21.7 Å². The highest BCUT2D eigenvalue weighted by molar-refractivity contribution is 6.05. The molecule has 0 aromatic heterocycles. The first-order chi connectivity index (χ1) is 14.3. The summed E-state index contributed by atoms with van der Waals surface area (Å²) in [6.45, 7) is 6.32. The molecule has 8 heteroatoms. The van der Waals surface area contributed by atoms with Crippen molar-refractivity contribution in [3.8, 4) is 0 Å². The molecular weight excluding hydrogens is 382 g/mol. The smallest absolute Gasteiger partial charge is 0.320 e. The molecule has 160 valence electrons. The van der Waals surface area contributed by atoms with E-state index < -0.39 is 12.0 Å². The van der Waals surface area contributed by atoms with Gasteiger partial charge in [-0.2, -0.15) is 0 Å². The molecule has 30 heavy (non-hydrogen) atoms. The molecule has 0 aliphatic carbocycles. The van der Waals surface area contributed by atoms with Gasteiger partial charge in [-0.05, 0) is 49.6 Å². The Morgan fingerprint density at radius 1 is 1.10 bits per heavy atom. The number of nitrogens with one attached hydrogen (secondary N) is 1. The van der Waals surface area contributed by atoms with Gasteiger partial charge >= 0.3 is 5.97 Å². The average molecular weight is 412 g/mol. The van der Waals surface area contributed by atoms with Gasteiger partial charge in [0.05, 0.1) is 6.54 Å². The summed E-state index contributed by atoms with van der Waals surface area (Å²) < 4.78 is 0. The highest BCUT2D eigenvalue weighted by Crippen LogP contribution is 2.20. The minimum Gasteiger partial charge on any atom is -0.480 e. The highest BCUT2D eigenvalue weighted by atomic mass is 16.4. The number of carbonyl (C=O) groups excluding carboxylic acids is 1. The molecule has 1 amide bonds. The van der Waals surface area contributed by atoms with Gasteiger partial charge in [0.2, 0.25) is 0 Å². The Labute approximate surface area is 176 Å². The minimum atomic E-state index is -1.07. The Morgan fingerprint density at radius 3 is 2.33 bits per heavy atom. The number of benzene rings is 2. The largest absolute Gasteiger partial charge is 0.480 e. The number of amides is 1. The number of guanidine groups is 1. The molecule has 0 saturated heterocycles. The lowest BCUT2D eigenvalue weighted by Crippen LogP contribution is -2.37. The Bertz CT molecular complexity index is 892. The summed E-state index contributed by atoms with van der Waals surface area (Å²) in [7, 11) is 0. The molecular formula is C22H29N5O3. The van der Waals surface area contributed by atoms with E-state index in [-0.39, 0.29) is 18.3 Å². The predicted molar refractivity (Wildman–Crippen MR) is 119 cm³/mol. The molecule has 0 radical (unpaired) electrons. The van der Waals surface area contributed by atoms with Crippen LogP contribution in [-0.2, 0) is 17.8 Å². The summed E-state index contributed by atoms with van der Waals surface area (Å²) in [4.78, 5) is 29.8. The number of nitrogens with two attached hydrogens (primary N) is 2. The van der Waals surface area contributed by atoms with E-state index in [9.17, 15) is 9.59 Å². The number of para-hydroxylation sites is 1. The van der Waals surface area contributed by atoms with Gasteiger partial charge in [-0.3, -0.25) is 14.9 Å². The van der Waals surface area contributed by atoms with E-state index in [4.69, 9.17) is 16.6 Å². The Kier molecular flexibility index (Phi) is 8.37. The van der Waals surface area contributed by atoms with Crippen molar-refractivity contribution in [2.75, 3.05) is 18.0 Å². The first-order valence-corrected chi connectivity index (χ1v) is 9.87. The Balaban J connectivity index is 2.01. The Hall–Kier alpha value is -3.39. The van der Waals surface area contributed by atoms with Crippen molar-refractivity contribution in [3.05, 3.63) is 65.2 Å². The fraction of sp³-hybridized carbons (Fsp3) is 0.318. The van der Waals surface area contributed by atoms with Gasteiger partial charge in [-0.1, -0.05) is 30.3 Å². The van der Waals surface area contributed by atoms with Crippen LogP contribution in [0.3, 0.4) is 0 Å². The molecule has 0 aliphatic heterocycles. The van der Waals surface area contributed by atoms with Gasteiger partial charge in [-0.15, -0.1) is 0 Å². The summed E-state index contributed by atoms with van der Waals surface area (Å²) in [6.07, 6.45) is 0.187. The molecule has 0 aliphatic rings. The van der Waals surface area contributed by atoms with Crippen molar-refractivity contribution in [2.24, 2.45) is 16.5 Å². The zero-order valence-corrected chi connectivity index (χ0v) is 17.3. The predicted octanol–water partition coefficient (Wildman–Crippen LogP) is 1.73. The van der Waals surface area contributed by atoms with Crippen LogP contribution in [-0.4, -0.2) is 42.1 Å². The molecule has 2 aromatic rings. The highest BCUT2D eigenvalue weighted by Gasteiger charge is 2.13. The number of rotatable bonds is 9. The van der Waals surface area contributed by atoms with E-state index in [2.05, 4.69) is 29.1 Å². The third-order valence-electron chi connectivity index (χ3n) is 4.75. The fourth-order valence-corrected chi connectivity index (χ4v) is 3.05. The standard InChI is InChI=1S/C22H29N5O3/c1-3-27(4-2)19-8-6-5-7-17(19)14-25-22(24)26-20(28)16-11-9-15(10-12-16)13-18(23)21(29)30/h5-12,18H,3-4,13-14,23H2,1-2H3,(H,29,30)(H3,24,25,26,28). The van der Waals surface area contributed by atoms with Crippen molar-refractivity contribution in [1.82, 2.24) is 5.32 Å². The number of anilines is 1. The molecule has 2 rings (SSSR count). The van der Waals surface area contributed by atoms with E-state index in [1.807, 2.05) is 24.3 Å². The average Bonchev–Trinajstić information content (AvgIpc) is 2.74. The van der Waals surface area contributed by atoms with Crippen LogP contribution in [0.5, 0.6) is 0 Å². The lowest BCUT2D eigenvalue weighted by molar-refractivity contribution is -0.138. The van der Waals surface area contributed by atoms with Gasteiger partial charge in [0, 0.05) is 24.3 Å². The third-order valence-corrected chi connectivity index (χ3v) is 4.75. The molecule has 0 spiro atoms. The van der Waals surface area contributed by atoms with Crippen molar-refractivity contribution in [3.63, 3.8) is 0 Å². The number of hydrogen-bond donors (Lipinski definition) is 4. The van der Waals surface area contributed by atoms with Crippen molar-refractivity contribution in [2.45, 2.75) is 32.9 Å². The molecule has 6 N–H and O–H groups in total. The second-order valence-electron chi connectivity index (χ2n) is 6.80. The van der Waals surface area contributed by atoms with Crippen molar-refractivity contribution < 1.29 is 14.7 Å². The van der Waals surface area contributed by atoms with Crippen LogP contribution in [0, 0.1) is 0 Å². The first-order valence-electron chi connectivity index (χ1n) is 9.87. The lowest BCUT2D eigenvalue weighted by Gasteiger charge is -2.23. The first kappa shape index (κ1) is 22.9. The van der Waals surface area contributed by atoms with E-state index in [0.29, 0.717) is 12.1 Å². The van der Waals surface area contributed by atoms with Gasteiger partial charge < -0.3 is 21.5 Å². The van der Waals surface area contributed by atoms with Gasteiger partial charge in [0.1, 0.15) is 6.04 Å². The van der Waals surface area contributed by atoms with Crippen LogP contribution in [0.2, 0.25) is 0 Å². The number of aliphatic carboxylic acids is 1. The zero-order valence-electron chi connectivity index (χ0n) is 17.3. The second kappa shape index (κ2) is 11.0. The molecule has 8 nitrogen and oxygen atoms in total. The maximum atomic E-state index is 12.4. The van der Waals surface area contributed by atoms with Gasteiger partial charge in [0.25, 0.3) is 5.91 Å². The normalized spacial score (nSPS) is 12.3. The molecule has 0 heterocycles. The third kappa shape index (κ3) is 6.31. The van der Waals surface area contributed by atoms with E-state index in [0.717, 1.165) is 29.9 Å². The summed E-state index contributed by atoms with van der Waals surface area (Å²) in [5.41, 5.74) is 14.7. The van der Waals surface area contributed by atoms with Crippen LogP contribution in [0.4, 0.5) is 5.69 Å². The summed E-state index contributed by atoms with van der Waals surface area (Å²) >= 11 is 0. The quantitative estimate of drug-likeness (QED) is 0.367. The molecule has 2 aromatic carbocycles.